The van der Waals surface area contributed by atoms with Gasteiger partial charge in [-0.1, -0.05) is 13.3 Å². The third kappa shape index (κ3) is 5.83. The topological polar surface area (TPSA) is 24.5 Å². The second-order valence-electron chi connectivity index (χ2n) is 4.86. The Bertz CT molecular complexity index is 164. The van der Waals surface area contributed by atoms with Crippen molar-refractivity contribution in [2.45, 2.75) is 32.6 Å². The summed E-state index contributed by atoms with van der Waals surface area (Å²) in [5.74, 6) is 0.850. The lowest BCUT2D eigenvalue weighted by Crippen LogP contribution is -2.40. The monoisotopic (exact) mass is 228 g/mol. The zero-order valence-corrected chi connectivity index (χ0v) is 11.0. The van der Waals surface area contributed by atoms with Gasteiger partial charge in [-0.3, -0.25) is 0 Å². The first kappa shape index (κ1) is 13.9. The van der Waals surface area contributed by atoms with Crippen molar-refractivity contribution in [1.82, 2.24) is 10.2 Å². The highest BCUT2D eigenvalue weighted by Crippen LogP contribution is 2.15. The van der Waals surface area contributed by atoms with Gasteiger partial charge in [0.1, 0.15) is 0 Å². The summed E-state index contributed by atoms with van der Waals surface area (Å²) < 4.78 is 5.03. The Balaban J connectivity index is 2.07. The molecule has 0 aliphatic carbocycles. The van der Waals surface area contributed by atoms with E-state index in [-0.39, 0.29) is 0 Å². The zero-order valence-electron chi connectivity index (χ0n) is 11.0. The van der Waals surface area contributed by atoms with Crippen LogP contribution in [0.1, 0.15) is 32.6 Å². The molecule has 0 radical (unpaired) electrons. The first-order chi connectivity index (χ1) is 7.86. The number of hydrogen-bond acceptors (Lipinski definition) is 3. The van der Waals surface area contributed by atoms with Crippen molar-refractivity contribution in [1.29, 1.82) is 0 Å². The molecular formula is C13H28N2O. The van der Waals surface area contributed by atoms with Gasteiger partial charge >= 0.3 is 0 Å². The summed E-state index contributed by atoms with van der Waals surface area (Å²) in [7, 11) is 1.76. The van der Waals surface area contributed by atoms with Crippen LogP contribution in [-0.2, 0) is 4.74 Å². The quantitative estimate of drug-likeness (QED) is 0.640. The number of methoxy groups -OCH3 is 1. The smallest absolute Gasteiger partial charge is 0.0587 e. The van der Waals surface area contributed by atoms with Crippen LogP contribution in [0.3, 0.4) is 0 Å². The zero-order chi connectivity index (χ0) is 11.6. The van der Waals surface area contributed by atoms with Crippen LogP contribution in [0, 0.1) is 5.92 Å². The van der Waals surface area contributed by atoms with Crippen LogP contribution in [0.2, 0.25) is 0 Å². The molecule has 1 aliphatic heterocycles. The maximum absolute atomic E-state index is 5.03. The molecule has 1 heterocycles. The highest BCUT2D eigenvalue weighted by atomic mass is 16.5. The van der Waals surface area contributed by atoms with Crippen molar-refractivity contribution in [2.24, 2.45) is 5.92 Å². The summed E-state index contributed by atoms with van der Waals surface area (Å²) in [6.45, 7) is 9.15. The molecule has 0 aromatic heterocycles. The molecule has 3 nitrogen and oxygen atoms in total. The number of nitrogens with one attached hydrogen (secondary N) is 1. The van der Waals surface area contributed by atoms with E-state index in [2.05, 4.69) is 17.1 Å². The van der Waals surface area contributed by atoms with Crippen LogP contribution >= 0.6 is 0 Å². The molecule has 0 amide bonds. The molecule has 1 rings (SSSR count). The van der Waals surface area contributed by atoms with Gasteiger partial charge in [0.15, 0.2) is 0 Å². The molecule has 0 aromatic rings. The van der Waals surface area contributed by atoms with E-state index < -0.39 is 0 Å². The van der Waals surface area contributed by atoms with Gasteiger partial charge in [-0.2, -0.15) is 0 Å². The van der Waals surface area contributed by atoms with Crippen molar-refractivity contribution < 1.29 is 4.74 Å². The Labute approximate surface area is 101 Å². The van der Waals surface area contributed by atoms with Crippen LogP contribution in [0.4, 0.5) is 0 Å². The average Bonchev–Trinajstić information content (AvgIpc) is 2.33. The lowest BCUT2D eigenvalue weighted by molar-refractivity contribution is 0.163. The van der Waals surface area contributed by atoms with Crippen molar-refractivity contribution in [3.05, 3.63) is 0 Å². The standard InChI is InChI=1S/C13H28N2O/c1-3-4-8-15-9-5-6-13(12-15)11-14-7-10-16-2/h13-14H,3-12H2,1-2H3. The Kier molecular flexibility index (Phi) is 7.81. The van der Waals surface area contributed by atoms with Gasteiger partial charge in [0.2, 0.25) is 0 Å². The van der Waals surface area contributed by atoms with E-state index in [4.69, 9.17) is 4.74 Å². The summed E-state index contributed by atoms with van der Waals surface area (Å²) in [5, 5.41) is 3.48. The van der Waals surface area contributed by atoms with Crippen LogP contribution in [0.25, 0.3) is 0 Å². The molecule has 1 N–H and O–H groups in total. The molecule has 0 bridgehead atoms. The molecule has 1 saturated heterocycles. The predicted octanol–water partition coefficient (Wildman–Crippen LogP) is 1.73. The van der Waals surface area contributed by atoms with E-state index >= 15 is 0 Å². The predicted molar refractivity (Wildman–Crippen MR) is 68.8 cm³/mol. The highest BCUT2D eigenvalue weighted by Gasteiger charge is 2.18. The molecule has 0 saturated carbocycles. The van der Waals surface area contributed by atoms with Gasteiger partial charge in [0.05, 0.1) is 6.61 Å². The molecule has 3 heteroatoms. The van der Waals surface area contributed by atoms with Crippen LogP contribution in [0.15, 0.2) is 0 Å². The van der Waals surface area contributed by atoms with Crippen LogP contribution in [-0.4, -0.2) is 51.3 Å². The first-order valence-electron chi connectivity index (χ1n) is 6.78. The van der Waals surface area contributed by atoms with Gasteiger partial charge in [-0.25, -0.2) is 0 Å². The highest BCUT2D eigenvalue weighted by molar-refractivity contribution is 4.74. The van der Waals surface area contributed by atoms with Crippen LogP contribution in [0.5, 0.6) is 0 Å². The maximum Gasteiger partial charge on any atom is 0.0587 e. The average molecular weight is 228 g/mol. The SMILES string of the molecule is CCCCN1CCCC(CNCCOC)C1. The molecule has 16 heavy (non-hydrogen) atoms. The number of hydrogen-bond donors (Lipinski definition) is 1. The summed E-state index contributed by atoms with van der Waals surface area (Å²) in [5.41, 5.74) is 0. The van der Waals surface area contributed by atoms with E-state index in [0.29, 0.717) is 0 Å². The summed E-state index contributed by atoms with van der Waals surface area (Å²) >= 11 is 0. The molecule has 96 valence electrons. The van der Waals surface area contributed by atoms with Gasteiger partial charge in [0.25, 0.3) is 0 Å². The van der Waals surface area contributed by atoms with Gasteiger partial charge in [-0.05, 0) is 44.8 Å². The third-order valence-corrected chi connectivity index (χ3v) is 3.35. The van der Waals surface area contributed by atoms with Gasteiger partial charge < -0.3 is 15.0 Å². The van der Waals surface area contributed by atoms with E-state index in [1.165, 1.54) is 45.3 Å². The molecule has 1 aliphatic rings. The minimum atomic E-state index is 0.826. The van der Waals surface area contributed by atoms with Gasteiger partial charge in [-0.15, -0.1) is 0 Å². The van der Waals surface area contributed by atoms with Gasteiger partial charge in [0, 0.05) is 20.2 Å². The lowest BCUT2D eigenvalue weighted by atomic mass is 9.98. The number of unbranched alkanes of at least 4 members (excludes halogenated alkanes) is 1. The number of ether oxygens (including phenoxy) is 1. The molecule has 0 spiro atoms. The fourth-order valence-electron chi connectivity index (χ4n) is 2.38. The fourth-order valence-corrected chi connectivity index (χ4v) is 2.38. The molecular weight excluding hydrogens is 200 g/mol. The molecule has 1 fully saturated rings. The second-order valence-corrected chi connectivity index (χ2v) is 4.86. The lowest BCUT2D eigenvalue weighted by Gasteiger charge is -2.32. The van der Waals surface area contributed by atoms with Crippen molar-refractivity contribution in [2.75, 3.05) is 46.4 Å². The Morgan fingerprint density at radius 3 is 3.06 bits per heavy atom. The Morgan fingerprint density at radius 1 is 1.44 bits per heavy atom. The number of piperidine rings is 1. The maximum atomic E-state index is 5.03. The van der Waals surface area contributed by atoms with Crippen molar-refractivity contribution in [3.8, 4) is 0 Å². The van der Waals surface area contributed by atoms with Crippen molar-refractivity contribution in [3.63, 3.8) is 0 Å². The van der Waals surface area contributed by atoms with E-state index in [1.54, 1.807) is 7.11 Å². The summed E-state index contributed by atoms with van der Waals surface area (Å²) in [4.78, 5) is 2.63. The molecule has 0 aromatic carbocycles. The molecule has 1 unspecified atom stereocenters. The summed E-state index contributed by atoms with van der Waals surface area (Å²) in [6.07, 6.45) is 5.43. The normalized spacial score (nSPS) is 22.5. The second kappa shape index (κ2) is 8.97. The molecule has 1 atom stereocenters. The van der Waals surface area contributed by atoms with Crippen LogP contribution < -0.4 is 5.32 Å². The fraction of sp³-hybridized carbons (Fsp3) is 1.00. The van der Waals surface area contributed by atoms with E-state index in [1.807, 2.05) is 0 Å². The third-order valence-electron chi connectivity index (χ3n) is 3.35. The Morgan fingerprint density at radius 2 is 2.31 bits per heavy atom. The number of likely N-dealkylation sites (tertiary alicyclic amines) is 1. The number of rotatable bonds is 8. The first-order valence-corrected chi connectivity index (χ1v) is 6.78. The van der Waals surface area contributed by atoms with E-state index in [9.17, 15) is 0 Å². The summed E-state index contributed by atoms with van der Waals surface area (Å²) in [6, 6.07) is 0. The van der Waals surface area contributed by atoms with E-state index in [0.717, 1.165) is 25.6 Å². The minimum Gasteiger partial charge on any atom is -0.383 e. The Hall–Kier alpha value is -0.120. The van der Waals surface area contributed by atoms with Crippen molar-refractivity contribution >= 4 is 0 Å². The largest absolute Gasteiger partial charge is 0.383 e. The minimum absolute atomic E-state index is 0.826. The number of nitrogens with zero attached hydrogens (tertiary/aromatic N) is 1.